The van der Waals surface area contributed by atoms with Crippen LogP contribution in [0.4, 0.5) is 5.69 Å². The lowest BCUT2D eigenvalue weighted by atomic mass is 10.1. The summed E-state index contributed by atoms with van der Waals surface area (Å²) in [4.78, 5) is 14.6. The van der Waals surface area contributed by atoms with E-state index in [-0.39, 0.29) is 16.5 Å². The van der Waals surface area contributed by atoms with Gasteiger partial charge in [0, 0.05) is 13.1 Å². The molecule has 1 aliphatic heterocycles. The van der Waals surface area contributed by atoms with E-state index in [1.54, 1.807) is 17.0 Å². The van der Waals surface area contributed by atoms with Crippen molar-refractivity contribution in [2.75, 3.05) is 17.8 Å². The van der Waals surface area contributed by atoms with Crippen LogP contribution in [-0.4, -0.2) is 37.5 Å². The molecule has 0 aliphatic carbocycles. The predicted octanol–water partition coefficient (Wildman–Crippen LogP) is 3.56. The number of fused-ring (bicyclic) bond motifs is 1. The van der Waals surface area contributed by atoms with Gasteiger partial charge in [-0.2, -0.15) is 0 Å². The Labute approximate surface area is 163 Å². The first-order chi connectivity index (χ1) is 13.5. The van der Waals surface area contributed by atoms with Crippen molar-refractivity contribution < 1.29 is 17.7 Å². The zero-order valence-corrected chi connectivity index (χ0v) is 16.3. The van der Waals surface area contributed by atoms with Gasteiger partial charge < -0.3 is 9.42 Å². The number of amides is 1. The molecule has 0 atom stereocenters. The molecule has 1 aliphatic rings. The van der Waals surface area contributed by atoms with Crippen LogP contribution in [0.2, 0.25) is 0 Å². The Morgan fingerprint density at radius 3 is 2.61 bits per heavy atom. The summed E-state index contributed by atoms with van der Waals surface area (Å²) in [6.45, 7) is 3.19. The molecule has 1 aromatic heterocycles. The Morgan fingerprint density at radius 2 is 1.86 bits per heavy atom. The molecule has 4 rings (SSSR count). The van der Waals surface area contributed by atoms with E-state index >= 15 is 0 Å². The molecule has 8 heteroatoms. The summed E-state index contributed by atoms with van der Waals surface area (Å²) >= 11 is 0. The van der Waals surface area contributed by atoms with Gasteiger partial charge in [-0.1, -0.05) is 23.4 Å². The second-order valence-electron chi connectivity index (χ2n) is 6.96. The minimum Gasteiger partial charge on any atom is -0.355 e. The zero-order valence-electron chi connectivity index (χ0n) is 15.5. The first-order valence-electron chi connectivity index (χ1n) is 9.23. The van der Waals surface area contributed by atoms with Gasteiger partial charge in [0.15, 0.2) is 11.3 Å². The molecule has 2 aromatic carbocycles. The van der Waals surface area contributed by atoms with Crippen LogP contribution in [0.15, 0.2) is 51.9 Å². The number of aromatic nitrogens is 1. The third-order valence-corrected chi connectivity index (χ3v) is 6.35. The average molecular weight is 399 g/mol. The molecule has 1 saturated heterocycles. The number of carbonyl (C=O) groups excluding carboxylic acids is 1. The number of hydrogen-bond donors (Lipinski definition) is 1. The summed E-state index contributed by atoms with van der Waals surface area (Å²) in [5, 5.41) is 4.32. The molecule has 1 fully saturated rings. The van der Waals surface area contributed by atoms with E-state index in [1.807, 2.05) is 19.1 Å². The number of nitrogens with one attached hydrogen (secondary N) is 1. The first kappa shape index (κ1) is 18.5. The maximum atomic E-state index is 12.8. The van der Waals surface area contributed by atoms with Crippen LogP contribution in [-0.2, 0) is 10.0 Å². The Morgan fingerprint density at radius 1 is 1.11 bits per heavy atom. The standard InChI is InChI=1S/C20H21N3O4S/c1-14-7-3-4-8-17(14)22-28(25,26)15-9-10-18-16(13-15)19(21-27-18)20(24)23-11-5-2-6-12-23/h3-4,7-10,13,22H,2,5-6,11-12H2,1H3. The number of carbonyl (C=O) groups is 1. The third kappa shape index (κ3) is 3.47. The van der Waals surface area contributed by atoms with Crippen LogP contribution in [0.3, 0.4) is 0 Å². The second-order valence-corrected chi connectivity index (χ2v) is 8.64. The molecule has 3 aromatic rings. The molecule has 1 amide bonds. The zero-order chi connectivity index (χ0) is 19.7. The number of aryl methyl sites for hydroxylation is 1. The Kier molecular flexibility index (Phi) is 4.80. The number of para-hydroxylation sites is 1. The fourth-order valence-electron chi connectivity index (χ4n) is 3.38. The van der Waals surface area contributed by atoms with Crippen LogP contribution in [0.25, 0.3) is 11.0 Å². The van der Waals surface area contributed by atoms with Gasteiger partial charge in [0.05, 0.1) is 16.0 Å². The molecule has 1 N–H and O–H groups in total. The Bertz CT molecular complexity index is 1130. The van der Waals surface area contributed by atoms with Crippen LogP contribution in [0, 0.1) is 6.92 Å². The molecule has 0 unspecified atom stereocenters. The SMILES string of the molecule is Cc1ccccc1NS(=O)(=O)c1ccc2onc(C(=O)N3CCCCC3)c2c1. The topological polar surface area (TPSA) is 92.5 Å². The largest absolute Gasteiger partial charge is 0.355 e. The van der Waals surface area contributed by atoms with Crippen LogP contribution >= 0.6 is 0 Å². The number of hydrogen-bond acceptors (Lipinski definition) is 5. The van der Waals surface area contributed by atoms with E-state index in [0.717, 1.165) is 24.8 Å². The van der Waals surface area contributed by atoms with Crippen molar-refractivity contribution in [2.45, 2.75) is 31.1 Å². The molecule has 0 bridgehead atoms. The van der Waals surface area contributed by atoms with Crippen LogP contribution in [0.1, 0.15) is 35.3 Å². The average Bonchev–Trinajstić information content (AvgIpc) is 3.13. The lowest BCUT2D eigenvalue weighted by Gasteiger charge is -2.25. The fourth-order valence-corrected chi connectivity index (χ4v) is 4.53. The lowest BCUT2D eigenvalue weighted by Crippen LogP contribution is -2.35. The van der Waals surface area contributed by atoms with Crippen molar-refractivity contribution in [3.05, 3.63) is 53.7 Å². The molecule has 0 radical (unpaired) electrons. The second kappa shape index (κ2) is 7.27. The summed E-state index contributed by atoms with van der Waals surface area (Å²) in [6, 6.07) is 11.6. The van der Waals surface area contributed by atoms with Crippen LogP contribution < -0.4 is 4.72 Å². The molecule has 0 saturated carbocycles. The van der Waals surface area contributed by atoms with Gasteiger partial charge in [-0.3, -0.25) is 9.52 Å². The Balaban J connectivity index is 1.69. The number of sulfonamides is 1. The molecule has 146 valence electrons. The van der Waals surface area contributed by atoms with E-state index in [1.165, 1.54) is 18.2 Å². The van der Waals surface area contributed by atoms with Crippen molar-refractivity contribution >= 4 is 32.6 Å². The van der Waals surface area contributed by atoms with Gasteiger partial charge >= 0.3 is 0 Å². The van der Waals surface area contributed by atoms with Crippen molar-refractivity contribution in [3.8, 4) is 0 Å². The van der Waals surface area contributed by atoms with Gasteiger partial charge in [0.25, 0.3) is 15.9 Å². The minimum atomic E-state index is -3.82. The highest BCUT2D eigenvalue weighted by molar-refractivity contribution is 7.92. The lowest BCUT2D eigenvalue weighted by molar-refractivity contribution is 0.0716. The van der Waals surface area contributed by atoms with E-state index in [9.17, 15) is 13.2 Å². The predicted molar refractivity (Wildman–Crippen MR) is 106 cm³/mol. The minimum absolute atomic E-state index is 0.0548. The van der Waals surface area contributed by atoms with Crippen molar-refractivity contribution in [1.29, 1.82) is 0 Å². The summed E-state index contributed by atoms with van der Waals surface area (Å²) in [7, 11) is -3.82. The normalized spacial score (nSPS) is 15.0. The summed E-state index contributed by atoms with van der Waals surface area (Å²) in [5.41, 5.74) is 1.87. The van der Waals surface area contributed by atoms with Gasteiger partial charge in [-0.25, -0.2) is 8.42 Å². The van der Waals surface area contributed by atoms with E-state index in [4.69, 9.17) is 4.52 Å². The number of benzene rings is 2. The maximum absolute atomic E-state index is 12.8. The highest BCUT2D eigenvalue weighted by atomic mass is 32.2. The van der Waals surface area contributed by atoms with E-state index in [0.29, 0.717) is 29.7 Å². The summed E-state index contributed by atoms with van der Waals surface area (Å²) in [5.74, 6) is -0.222. The third-order valence-electron chi connectivity index (χ3n) is 4.99. The Hall–Kier alpha value is -2.87. The van der Waals surface area contributed by atoms with Crippen LogP contribution in [0.5, 0.6) is 0 Å². The van der Waals surface area contributed by atoms with Gasteiger partial charge in [-0.15, -0.1) is 0 Å². The highest BCUT2D eigenvalue weighted by Crippen LogP contribution is 2.26. The quantitative estimate of drug-likeness (QED) is 0.724. The van der Waals surface area contributed by atoms with Crippen molar-refractivity contribution in [1.82, 2.24) is 10.1 Å². The fraction of sp³-hybridized carbons (Fsp3) is 0.300. The highest BCUT2D eigenvalue weighted by Gasteiger charge is 2.25. The molecule has 28 heavy (non-hydrogen) atoms. The monoisotopic (exact) mass is 399 g/mol. The first-order valence-corrected chi connectivity index (χ1v) is 10.7. The van der Waals surface area contributed by atoms with Gasteiger partial charge in [0.1, 0.15) is 0 Å². The van der Waals surface area contributed by atoms with Crippen molar-refractivity contribution in [2.24, 2.45) is 0 Å². The summed E-state index contributed by atoms with van der Waals surface area (Å²) < 4.78 is 33.5. The van der Waals surface area contributed by atoms with Gasteiger partial charge in [-0.05, 0) is 56.0 Å². The molecule has 7 nitrogen and oxygen atoms in total. The van der Waals surface area contributed by atoms with Gasteiger partial charge in [0.2, 0.25) is 0 Å². The maximum Gasteiger partial charge on any atom is 0.276 e. The number of piperidine rings is 1. The van der Waals surface area contributed by atoms with E-state index in [2.05, 4.69) is 9.88 Å². The van der Waals surface area contributed by atoms with E-state index < -0.39 is 10.0 Å². The van der Waals surface area contributed by atoms with Crippen molar-refractivity contribution in [3.63, 3.8) is 0 Å². The molecular weight excluding hydrogens is 378 g/mol. The number of nitrogens with zero attached hydrogens (tertiary/aromatic N) is 2. The number of rotatable bonds is 4. The molecule has 2 heterocycles. The summed E-state index contributed by atoms with van der Waals surface area (Å²) in [6.07, 6.45) is 3.03. The molecular formula is C20H21N3O4S. The number of likely N-dealkylation sites (tertiary alicyclic amines) is 1. The molecule has 0 spiro atoms. The number of anilines is 1. The smallest absolute Gasteiger partial charge is 0.276 e.